The lowest BCUT2D eigenvalue weighted by Gasteiger charge is -2.16. The van der Waals surface area contributed by atoms with Gasteiger partial charge < -0.3 is 5.32 Å². The molecule has 1 atom stereocenters. The van der Waals surface area contributed by atoms with Crippen molar-refractivity contribution in [2.24, 2.45) is 0 Å². The van der Waals surface area contributed by atoms with Gasteiger partial charge in [0.05, 0.1) is 11.1 Å². The molecule has 26 heavy (non-hydrogen) atoms. The van der Waals surface area contributed by atoms with Crippen LogP contribution in [0.15, 0.2) is 48.5 Å². The van der Waals surface area contributed by atoms with Gasteiger partial charge in [0.25, 0.3) is 11.8 Å². The normalized spacial score (nSPS) is 14.3. The van der Waals surface area contributed by atoms with Gasteiger partial charge in [0.1, 0.15) is 0 Å². The first-order valence-electron chi connectivity index (χ1n) is 8.44. The van der Waals surface area contributed by atoms with Gasteiger partial charge in [-0.3, -0.25) is 19.3 Å². The van der Waals surface area contributed by atoms with E-state index in [1.165, 1.54) is 0 Å². The number of hydrogen-bond acceptors (Lipinski definition) is 3. The number of amides is 3. The van der Waals surface area contributed by atoms with Gasteiger partial charge in [-0.25, -0.2) is 0 Å². The summed E-state index contributed by atoms with van der Waals surface area (Å²) in [5, 5.41) is 3.55. The summed E-state index contributed by atoms with van der Waals surface area (Å²) in [7, 11) is 0. The Morgan fingerprint density at radius 2 is 1.73 bits per heavy atom. The van der Waals surface area contributed by atoms with Crippen molar-refractivity contribution in [3.8, 4) is 0 Å². The van der Waals surface area contributed by atoms with E-state index >= 15 is 0 Å². The van der Waals surface area contributed by atoms with E-state index in [1.807, 2.05) is 25.1 Å². The lowest BCUT2D eigenvalue weighted by molar-refractivity contribution is -0.121. The maximum atomic E-state index is 12.3. The highest BCUT2D eigenvalue weighted by atomic mass is 35.5. The summed E-state index contributed by atoms with van der Waals surface area (Å²) in [6.07, 6.45) is 0.727. The maximum absolute atomic E-state index is 12.3. The second kappa shape index (κ2) is 7.70. The Balaban J connectivity index is 1.52. The third kappa shape index (κ3) is 3.94. The Morgan fingerprint density at radius 1 is 1.08 bits per heavy atom. The van der Waals surface area contributed by atoms with Gasteiger partial charge >= 0.3 is 0 Å². The van der Waals surface area contributed by atoms with Crippen LogP contribution in [0, 0.1) is 0 Å². The highest BCUT2D eigenvalue weighted by Crippen LogP contribution is 2.22. The van der Waals surface area contributed by atoms with Crippen molar-refractivity contribution >= 4 is 29.3 Å². The lowest BCUT2D eigenvalue weighted by Crippen LogP contribution is -2.38. The zero-order valence-corrected chi connectivity index (χ0v) is 15.1. The summed E-state index contributed by atoms with van der Waals surface area (Å²) >= 11 is 5.97. The van der Waals surface area contributed by atoms with Gasteiger partial charge in [0.15, 0.2) is 0 Å². The molecule has 1 heterocycles. The predicted molar refractivity (Wildman–Crippen MR) is 99.2 cm³/mol. The highest BCUT2D eigenvalue weighted by Gasteiger charge is 2.34. The average molecular weight is 371 g/mol. The molecule has 0 fully saturated rings. The minimum atomic E-state index is -0.342. The third-order valence-corrected chi connectivity index (χ3v) is 4.51. The first kappa shape index (κ1) is 18.1. The quantitative estimate of drug-likeness (QED) is 0.795. The molecule has 0 radical (unpaired) electrons. The minimum absolute atomic E-state index is 0.0715. The van der Waals surface area contributed by atoms with Gasteiger partial charge in [-0.05, 0) is 43.2 Å². The number of nitrogens with zero attached hydrogens (tertiary/aromatic N) is 1. The van der Waals surface area contributed by atoms with Crippen LogP contribution in [0.25, 0.3) is 0 Å². The molecule has 0 aliphatic carbocycles. The van der Waals surface area contributed by atoms with Crippen molar-refractivity contribution in [2.75, 3.05) is 6.54 Å². The number of benzene rings is 2. The summed E-state index contributed by atoms with van der Waals surface area (Å²) in [5.74, 6) is -0.883. The Morgan fingerprint density at radius 3 is 2.35 bits per heavy atom. The molecule has 1 N–H and O–H groups in total. The number of carbonyl (C=O) groups is 3. The molecule has 1 aliphatic heterocycles. The van der Waals surface area contributed by atoms with Crippen molar-refractivity contribution < 1.29 is 14.4 Å². The molecule has 0 bridgehead atoms. The lowest BCUT2D eigenvalue weighted by atomic mass is 10.1. The molecule has 0 spiro atoms. The largest absolute Gasteiger partial charge is 0.353 e. The van der Waals surface area contributed by atoms with Crippen LogP contribution in [0.4, 0.5) is 0 Å². The Bertz CT molecular complexity index is 831. The van der Waals surface area contributed by atoms with E-state index in [4.69, 9.17) is 11.6 Å². The van der Waals surface area contributed by atoms with E-state index in [-0.39, 0.29) is 36.7 Å². The average Bonchev–Trinajstić information content (AvgIpc) is 2.84. The van der Waals surface area contributed by atoms with Gasteiger partial charge in [-0.15, -0.1) is 0 Å². The molecule has 6 heteroatoms. The maximum Gasteiger partial charge on any atom is 0.261 e. The van der Waals surface area contributed by atoms with Crippen LogP contribution in [0.3, 0.4) is 0 Å². The molecule has 134 valence electrons. The SMILES string of the molecule is C[C@H](Cc1cccc(Cl)c1)NC(=O)CCN1C(=O)c2ccccc2C1=O. The van der Waals surface area contributed by atoms with Crippen LogP contribution < -0.4 is 5.32 Å². The standard InChI is InChI=1S/C20H19ClN2O3/c1-13(11-14-5-4-6-15(21)12-14)22-18(24)9-10-23-19(25)16-7-2-3-8-17(16)20(23)26/h2-8,12-13H,9-11H2,1H3,(H,22,24)/t13-/m1/s1. The van der Waals surface area contributed by atoms with Gasteiger partial charge in [-0.1, -0.05) is 35.9 Å². The number of imide groups is 1. The molecule has 2 aromatic rings. The molecular weight excluding hydrogens is 352 g/mol. The zero-order valence-electron chi connectivity index (χ0n) is 14.4. The first-order chi connectivity index (χ1) is 12.5. The summed E-state index contributed by atoms with van der Waals surface area (Å²) in [6, 6.07) is 14.1. The Labute approximate surface area is 156 Å². The summed E-state index contributed by atoms with van der Waals surface area (Å²) in [4.78, 5) is 37.8. The van der Waals surface area contributed by atoms with Gasteiger partial charge in [0.2, 0.25) is 5.91 Å². The van der Waals surface area contributed by atoms with E-state index in [0.717, 1.165) is 10.5 Å². The van der Waals surface area contributed by atoms with Crippen LogP contribution in [0.5, 0.6) is 0 Å². The Kier molecular flexibility index (Phi) is 5.38. The predicted octanol–water partition coefficient (Wildman–Crippen LogP) is 3.07. The second-order valence-electron chi connectivity index (χ2n) is 6.36. The fourth-order valence-electron chi connectivity index (χ4n) is 3.07. The minimum Gasteiger partial charge on any atom is -0.353 e. The van der Waals surface area contributed by atoms with Crippen molar-refractivity contribution in [2.45, 2.75) is 25.8 Å². The van der Waals surface area contributed by atoms with Crippen molar-refractivity contribution in [1.29, 1.82) is 0 Å². The molecule has 2 aromatic carbocycles. The van der Waals surface area contributed by atoms with E-state index in [1.54, 1.807) is 30.3 Å². The molecular formula is C20H19ClN2O3. The number of fused-ring (bicyclic) bond motifs is 1. The number of nitrogens with one attached hydrogen (secondary N) is 1. The van der Waals surface area contributed by atoms with Crippen LogP contribution in [-0.2, 0) is 11.2 Å². The zero-order chi connectivity index (χ0) is 18.7. The first-order valence-corrected chi connectivity index (χ1v) is 8.82. The van der Waals surface area contributed by atoms with Gasteiger partial charge in [-0.2, -0.15) is 0 Å². The second-order valence-corrected chi connectivity index (χ2v) is 6.80. The van der Waals surface area contributed by atoms with E-state index < -0.39 is 0 Å². The molecule has 3 amide bonds. The van der Waals surface area contributed by atoms with E-state index in [2.05, 4.69) is 5.32 Å². The summed E-state index contributed by atoms with van der Waals surface area (Å²) in [6.45, 7) is 1.98. The Hall–Kier alpha value is -2.66. The fourth-order valence-corrected chi connectivity index (χ4v) is 3.28. The number of rotatable bonds is 6. The summed E-state index contributed by atoms with van der Waals surface area (Å²) < 4.78 is 0. The van der Waals surface area contributed by atoms with E-state index in [9.17, 15) is 14.4 Å². The van der Waals surface area contributed by atoms with Crippen molar-refractivity contribution in [3.63, 3.8) is 0 Å². The topological polar surface area (TPSA) is 66.5 Å². The molecule has 1 aliphatic rings. The number of hydrogen-bond donors (Lipinski definition) is 1. The number of halogens is 1. The number of carbonyl (C=O) groups excluding carboxylic acids is 3. The third-order valence-electron chi connectivity index (χ3n) is 4.28. The highest BCUT2D eigenvalue weighted by molar-refractivity contribution is 6.30. The van der Waals surface area contributed by atoms with Crippen LogP contribution >= 0.6 is 11.6 Å². The monoisotopic (exact) mass is 370 g/mol. The molecule has 3 rings (SSSR count). The molecule has 5 nitrogen and oxygen atoms in total. The van der Waals surface area contributed by atoms with Gasteiger partial charge in [0, 0.05) is 24.0 Å². The van der Waals surface area contributed by atoms with Crippen LogP contribution in [-0.4, -0.2) is 35.2 Å². The molecule has 0 aromatic heterocycles. The van der Waals surface area contributed by atoms with Crippen molar-refractivity contribution in [3.05, 3.63) is 70.2 Å². The van der Waals surface area contributed by atoms with Crippen LogP contribution in [0.1, 0.15) is 39.6 Å². The fraction of sp³-hybridized carbons (Fsp3) is 0.250. The summed E-state index contributed by atoms with van der Waals surface area (Å²) in [5.41, 5.74) is 1.82. The molecule has 0 unspecified atom stereocenters. The molecule has 0 saturated heterocycles. The van der Waals surface area contributed by atoms with Crippen molar-refractivity contribution in [1.82, 2.24) is 10.2 Å². The van der Waals surface area contributed by atoms with E-state index in [0.29, 0.717) is 22.6 Å². The van der Waals surface area contributed by atoms with Crippen LogP contribution in [0.2, 0.25) is 5.02 Å². The molecule has 0 saturated carbocycles. The smallest absolute Gasteiger partial charge is 0.261 e.